The van der Waals surface area contributed by atoms with Crippen LogP contribution in [0.2, 0.25) is 0 Å². The SMILES string of the molecule is CCO[C@H]1N=C(N)N[C@@]23C(O)[C@@H]4O[C@@](O)(O[C@H]([C@H]12)[C@@]4(O)CO)[C@H]3O. The van der Waals surface area contributed by atoms with E-state index in [2.05, 4.69) is 10.3 Å². The molecule has 1 unspecified atom stereocenters. The van der Waals surface area contributed by atoms with Crippen LogP contribution in [-0.4, -0.2) is 92.5 Å². The van der Waals surface area contributed by atoms with Gasteiger partial charge in [-0.25, -0.2) is 4.99 Å². The molecule has 0 radical (unpaired) electrons. The van der Waals surface area contributed by atoms with Crippen molar-refractivity contribution in [2.75, 3.05) is 13.2 Å². The molecular weight excluding hydrogens is 326 g/mol. The van der Waals surface area contributed by atoms with E-state index < -0.39 is 60.3 Å². The van der Waals surface area contributed by atoms with Gasteiger partial charge in [-0.1, -0.05) is 0 Å². The lowest BCUT2D eigenvalue weighted by atomic mass is 9.55. The number of aliphatic hydroxyl groups excluding tert-OH is 3. The van der Waals surface area contributed by atoms with Gasteiger partial charge in [0.25, 0.3) is 0 Å². The van der Waals surface area contributed by atoms with Crippen LogP contribution < -0.4 is 11.1 Å². The summed E-state index contributed by atoms with van der Waals surface area (Å²) in [5.74, 6) is -3.50. The molecule has 4 aliphatic heterocycles. The Labute approximate surface area is 136 Å². The molecule has 4 fully saturated rings. The third kappa shape index (κ3) is 1.61. The van der Waals surface area contributed by atoms with Crippen LogP contribution in [0, 0.1) is 5.92 Å². The van der Waals surface area contributed by atoms with Crippen LogP contribution in [0.3, 0.4) is 0 Å². The molecular formula is C13H21N3O8. The number of nitrogens with one attached hydrogen (secondary N) is 1. The lowest BCUT2D eigenvalue weighted by molar-refractivity contribution is -0.548. The van der Waals surface area contributed by atoms with E-state index in [0.717, 1.165) is 0 Å². The fourth-order valence-corrected chi connectivity index (χ4v) is 4.53. The Morgan fingerprint density at radius 1 is 1.29 bits per heavy atom. The molecule has 11 heteroatoms. The first-order valence-electron chi connectivity index (χ1n) is 7.75. The van der Waals surface area contributed by atoms with Gasteiger partial charge in [-0.2, -0.15) is 0 Å². The number of guanidine groups is 1. The average Bonchev–Trinajstić information content (AvgIpc) is 2.53. The Morgan fingerprint density at radius 3 is 2.58 bits per heavy atom. The second-order valence-corrected chi connectivity index (χ2v) is 6.65. The van der Waals surface area contributed by atoms with Crippen molar-refractivity contribution in [2.24, 2.45) is 16.6 Å². The molecule has 4 bridgehead atoms. The molecule has 4 heterocycles. The number of nitrogens with two attached hydrogens (primary N) is 1. The summed E-state index contributed by atoms with van der Waals surface area (Å²) in [6, 6.07) is 0. The van der Waals surface area contributed by atoms with E-state index in [9.17, 15) is 25.5 Å². The van der Waals surface area contributed by atoms with E-state index in [1.165, 1.54) is 0 Å². The standard InChI is InChI=1S/C13H21N3O8/c1-2-22-8-4-6-11(20,3-17)7-5(18)12(4,16-10(14)15-8)9(19)13(21,23-6)24-7/h4-9,17-21H,2-3H2,1H3,(H3,14,15,16)/t4-,5?,6-,7+,8-,9+,11+,12-,13+/m1/s1. The average molecular weight is 347 g/mol. The molecule has 0 amide bonds. The zero-order valence-corrected chi connectivity index (χ0v) is 12.9. The Hall–Kier alpha value is -1.05. The van der Waals surface area contributed by atoms with Gasteiger partial charge in [-0.3, -0.25) is 0 Å². The summed E-state index contributed by atoms with van der Waals surface area (Å²) in [6.07, 6.45) is -6.86. The van der Waals surface area contributed by atoms with E-state index in [4.69, 9.17) is 19.9 Å². The fraction of sp³-hybridized carbons (Fsp3) is 0.923. The highest BCUT2D eigenvalue weighted by atomic mass is 16.9. The van der Waals surface area contributed by atoms with Crippen molar-refractivity contribution in [3.05, 3.63) is 0 Å². The van der Waals surface area contributed by atoms with Crippen LogP contribution in [0.25, 0.3) is 0 Å². The summed E-state index contributed by atoms with van der Waals surface area (Å²) in [5.41, 5.74) is 2.15. The van der Waals surface area contributed by atoms with Gasteiger partial charge in [0.05, 0.1) is 12.5 Å². The largest absolute Gasteiger partial charge is 0.393 e. The molecule has 136 valence electrons. The summed E-state index contributed by atoms with van der Waals surface area (Å²) in [7, 11) is 0. The number of ether oxygens (including phenoxy) is 3. The number of hydrogen-bond acceptors (Lipinski definition) is 11. The van der Waals surface area contributed by atoms with Crippen molar-refractivity contribution in [2.45, 2.75) is 54.7 Å². The zero-order chi connectivity index (χ0) is 17.5. The molecule has 24 heavy (non-hydrogen) atoms. The van der Waals surface area contributed by atoms with Crippen LogP contribution in [0.1, 0.15) is 6.92 Å². The van der Waals surface area contributed by atoms with E-state index in [0.29, 0.717) is 0 Å². The van der Waals surface area contributed by atoms with Gasteiger partial charge in [0.1, 0.15) is 29.5 Å². The predicted molar refractivity (Wildman–Crippen MR) is 75.1 cm³/mol. The minimum atomic E-state index is -2.46. The lowest BCUT2D eigenvalue weighted by Crippen LogP contribution is -2.95. The first-order valence-corrected chi connectivity index (χ1v) is 7.75. The highest BCUT2D eigenvalue weighted by Crippen LogP contribution is 2.58. The van der Waals surface area contributed by atoms with Crippen LogP contribution in [0.4, 0.5) is 0 Å². The van der Waals surface area contributed by atoms with Crippen molar-refractivity contribution >= 4 is 5.96 Å². The highest BCUT2D eigenvalue weighted by molar-refractivity contribution is 5.80. The lowest BCUT2D eigenvalue weighted by Gasteiger charge is -2.71. The third-order valence-corrected chi connectivity index (χ3v) is 5.54. The van der Waals surface area contributed by atoms with E-state index >= 15 is 0 Å². The molecule has 5 aliphatic rings. The molecule has 1 saturated carbocycles. The summed E-state index contributed by atoms with van der Waals surface area (Å²) >= 11 is 0. The summed E-state index contributed by atoms with van der Waals surface area (Å²) < 4.78 is 16.1. The quantitative estimate of drug-likeness (QED) is 0.263. The maximum Gasteiger partial charge on any atom is 0.311 e. The van der Waals surface area contributed by atoms with Crippen molar-refractivity contribution in [1.29, 1.82) is 0 Å². The van der Waals surface area contributed by atoms with Gasteiger partial charge in [0, 0.05) is 6.61 Å². The van der Waals surface area contributed by atoms with E-state index in [1.54, 1.807) is 6.92 Å². The Kier molecular flexibility index (Phi) is 3.26. The first-order chi connectivity index (χ1) is 11.2. The van der Waals surface area contributed by atoms with E-state index in [-0.39, 0.29) is 12.6 Å². The van der Waals surface area contributed by atoms with Crippen LogP contribution in [0.5, 0.6) is 0 Å². The maximum absolute atomic E-state index is 10.8. The molecule has 1 spiro atoms. The zero-order valence-electron chi connectivity index (χ0n) is 12.9. The van der Waals surface area contributed by atoms with Gasteiger partial charge in [-0.05, 0) is 6.92 Å². The van der Waals surface area contributed by atoms with Gasteiger partial charge < -0.3 is 50.8 Å². The molecule has 0 aromatic heterocycles. The smallest absolute Gasteiger partial charge is 0.311 e. The van der Waals surface area contributed by atoms with Crippen molar-refractivity contribution < 1.29 is 39.7 Å². The van der Waals surface area contributed by atoms with Crippen LogP contribution >= 0.6 is 0 Å². The minimum Gasteiger partial charge on any atom is -0.393 e. The second kappa shape index (κ2) is 4.77. The Bertz CT molecular complexity index is 592. The van der Waals surface area contributed by atoms with Gasteiger partial charge in [0.2, 0.25) is 0 Å². The normalized spacial score (nSPS) is 58.2. The topological polar surface area (TPSA) is 179 Å². The molecule has 11 nitrogen and oxygen atoms in total. The predicted octanol–water partition coefficient (Wildman–Crippen LogP) is -4.48. The van der Waals surface area contributed by atoms with Crippen molar-refractivity contribution in [3.63, 3.8) is 0 Å². The minimum absolute atomic E-state index is 0.0964. The second-order valence-electron chi connectivity index (χ2n) is 6.65. The monoisotopic (exact) mass is 347 g/mol. The summed E-state index contributed by atoms with van der Waals surface area (Å²) in [5, 5.41) is 55.2. The highest BCUT2D eigenvalue weighted by Gasteiger charge is 2.83. The third-order valence-electron chi connectivity index (χ3n) is 5.54. The number of nitrogens with zero attached hydrogens (tertiary/aromatic N) is 1. The summed E-state index contributed by atoms with van der Waals surface area (Å²) in [6.45, 7) is 1.17. The molecule has 8 N–H and O–H groups in total. The Balaban J connectivity index is 1.91. The number of aliphatic imine (C=N–C) groups is 1. The number of aliphatic hydroxyl groups is 5. The maximum atomic E-state index is 10.8. The number of hydrogen-bond donors (Lipinski definition) is 7. The van der Waals surface area contributed by atoms with Crippen molar-refractivity contribution in [1.82, 2.24) is 5.32 Å². The Morgan fingerprint density at radius 2 is 1.96 bits per heavy atom. The van der Waals surface area contributed by atoms with E-state index in [1.807, 2.05) is 0 Å². The number of rotatable bonds is 3. The van der Waals surface area contributed by atoms with Gasteiger partial charge >= 0.3 is 5.97 Å². The molecule has 9 atom stereocenters. The molecule has 0 aromatic rings. The fourth-order valence-electron chi connectivity index (χ4n) is 4.53. The molecule has 0 aromatic carbocycles. The molecule has 5 rings (SSSR count). The molecule has 3 saturated heterocycles. The van der Waals surface area contributed by atoms with Crippen molar-refractivity contribution in [3.8, 4) is 0 Å². The van der Waals surface area contributed by atoms with Gasteiger partial charge in [-0.15, -0.1) is 0 Å². The van der Waals surface area contributed by atoms with Crippen LogP contribution in [0.15, 0.2) is 4.99 Å². The summed E-state index contributed by atoms with van der Waals surface area (Å²) in [4.78, 5) is 4.11. The first kappa shape index (κ1) is 16.4. The van der Waals surface area contributed by atoms with Gasteiger partial charge in [0.15, 0.2) is 18.3 Å². The molecule has 1 aliphatic carbocycles. The van der Waals surface area contributed by atoms with Crippen LogP contribution in [-0.2, 0) is 14.2 Å².